The van der Waals surface area contributed by atoms with Gasteiger partial charge < -0.3 is 15.1 Å². The number of carbonyl (C=O) groups excluding carboxylic acids is 1. The molecule has 28 heavy (non-hydrogen) atoms. The Hall–Kier alpha value is -1.10. The molecule has 2 N–H and O–H groups in total. The predicted octanol–water partition coefficient (Wildman–Crippen LogP) is 4.94. The molecule has 162 valence electrons. The van der Waals surface area contributed by atoms with Crippen LogP contribution in [0.3, 0.4) is 0 Å². The van der Waals surface area contributed by atoms with Crippen molar-refractivity contribution >= 4 is 19.4 Å². The molecule has 0 saturated heterocycles. The molecule has 0 saturated carbocycles. The van der Waals surface area contributed by atoms with Crippen molar-refractivity contribution in [2.24, 2.45) is 4.74 Å². The van der Waals surface area contributed by atoms with E-state index in [0.29, 0.717) is 6.42 Å². The van der Waals surface area contributed by atoms with Gasteiger partial charge in [-0.3, -0.25) is 0 Å². The van der Waals surface area contributed by atoms with E-state index in [1.165, 1.54) is 44.9 Å². The van der Waals surface area contributed by atoms with Crippen LogP contribution in [-0.4, -0.2) is 34.4 Å². The van der Waals surface area contributed by atoms with Gasteiger partial charge in [-0.25, -0.2) is 9.59 Å². The van der Waals surface area contributed by atoms with Crippen molar-refractivity contribution in [1.82, 2.24) is 0 Å². The maximum Gasteiger partial charge on any atom is 0.341 e. The summed E-state index contributed by atoms with van der Waals surface area (Å²) in [7, 11) is -2.58. The lowest BCUT2D eigenvalue weighted by molar-refractivity contribution is -0.162. The standard InChI is InChI=1S/C21H38NO5P/c1-2-3-4-5-6-7-8-9-10-11-12-13-14-15-16-17-20(24)28(27)22-19(18-23)21(25)26/h9-10,19,23H,2-8,11-18H2,1H3,(H,25,26)/b10-9-. The van der Waals surface area contributed by atoms with Gasteiger partial charge in [0.2, 0.25) is 14.0 Å². The van der Waals surface area contributed by atoms with Crippen LogP contribution in [0.1, 0.15) is 96.8 Å². The van der Waals surface area contributed by atoms with Gasteiger partial charge in [0.1, 0.15) is 0 Å². The molecule has 0 amide bonds. The van der Waals surface area contributed by atoms with Gasteiger partial charge in [0.25, 0.3) is 0 Å². The Morgan fingerprint density at radius 1 is 0.929 bits per heavy atom. The Labute approximate surface area is 171 Å². The number of unbranched alkanes of at least 4 members (excludes halogenated alkanes) is 11. The first-order valence-electron chi connectivity index (χ1n) is 10.7. The minimum Gasteiger partial charge on any atom is -0.605 e. The van der Waals surface area contributed by atoms with Gasteiger partial charge in [0, 0.05) is 0 Å². The first-order valence-corrected chi connectivity index (χ1v) is 11.9. The Morgan fingerprint density at radius 2 is 1.43 bits per heavy atom. The van der Waals surface area contributed by atoms with Gasteiger partial charge >= 0.3 is 11.5 Å². The molecule has 6 nitrogen and oxygen atoms in total. The molecule has 0 aromatic rings. The minimum absolute atomic E-state index is 0.147. The van der Waals surface area contributed by atoms with Crippen LogP contribution >= 0.6 is 7.94 Å². The Balaban J connectivity index is 3.58. The summed E-state index contributed by atoms with van der Waals surface area (Å²) in [6, 6.07) is -1.48. The molecule has 2 atom stereocenters. The lowest BCUT2D eigenvalue weighted by Gasteiger charge is -2.01. The largest absolute Gasteiger partial charge is 0.605 e. The molecule has 0 bridgehead atoms. The van der Waals surface area contributed by atoms with Crippen LogP contribution in [0.5, 0.6) is 0 Å². The third-order valence-electron chi connectivity index (χ3n) is 4.57. The second kappa shape index (κ2) is 19.2. The number of carboxylic acid groups (broad SMARTS) is 1. The molecular weight excluding hydrogens is 377 g/mol. The van der Waals surface area contributed by atoms with Crippen LogP contribution < -0.4 is 4.89 Å². The maximum absolute atomic E-state index is 11.7. The van der Waals surface area contributed by atoms with E-state index in [-0.39, 0.29) is 6.42 Å². The summed E-state index contributed by atoms with van der Waals surface area (Å²) in [6.07, 6.45) is 19.8. The molecule has 0 fully saturated rings. The van der Waals surface area contributed by atoms with E-state index in [2.05, 4.69) is 23.8 Å². The van der Waals surface area contributed by atoms with Crippen LogP contribution in [0.25, 0.3) is 0 Å². The number of hydrogen-bond donors (Lipinski definition) is 2. The Morgan fingerprint density at radius 3 is 1.93 bits per heavy atom. The molecule has 0 aromatic heterocycles. The molecule has 0 spiro atoms. The zero-order valence-electron chi connectivity index (χ0n) is 17.4. The number of aliphatic carboxylic acids is 1. The van der Waals surface area contributed by atoms with E-state index in [4.69, 9.17) is 10.2 Å². The van der Waals surface area contributed by atoms with Crippen LogP contribution in [-0.2, 0) is 9.59 Å². The average Bonchev–Trinajstić information content (AvgIpc) is 2.68. The molecule has 0 heterocycles. The molecule has 0 aliphatic carbocycles. The van der Waals surface area contributed by atoms with Gasteiger partial charge in [0.15, 0.2) is 0 Å². The Kier molecular flexibility index (Phi) is 18.5. The van der Waals surface area contributed by atoms with Crippen molar-refractivity contribution in [3.63, 3.8) is 0 Å². The second-order valence-corrected chi connectivity index (χ2v) is 8.43. The highest BCUT2D eigenvalue weighted by atomic mass is 31.1. The summed E-state index contributed by atoms with van der Waals surface area (Å²) in [5.41, 5.74) is -0.535. The lowest BCUT2D eigenvalue weighted by Crippen LogP contribution is -2.22. The summed E-state index contributed by atoms with van der Waals surface area (Å²) >= 11 is 0. The number of aliphatic hydroxyl groups excluding tert-OH is 1. The van der Waals surface area contributed by atoms with Crippen molar-refractivity contribution in [3.8, 4) is 0 Å². The second-order valence-electron chi connectivity index (χ2n) is 7.15. The van der Waals surface area contributed by atoms with E-state index in [9.17, 15) is 14.5 Å². The normalized spacial score (nSPS) is 13.2. The van der Waals surface area contributed by atoms with E-state index in [0.717, 1.165) is 32.1 Å². The van der Waals surface area contributed by atoms with Crippen molar-refractivity contribution < 1.29 is 24.7 Å². The molecule has 0 aromatic carbocycles. The van der Waals surface area contributed by atoms with Crippen molar-refractivity contribution in [2.45, 2.75) is 103 Å². The first kappa shape index (κ1) is 26.9. The summed E-state index contributed by atoms with van der Waals surface area (Å²) in [4.78, 5) is 34.0. The number of carbonyl (C=O) groups is 2. The van der Waals surface area contributed by atoms with E-state index < -0.39 is 32.1 Å². The monoisotopic (exact) mass is 415 g/mol. The zero-order valence-corrected chi connectivity index (χ0v) is 18.2. The van der Waals surface area contributed by atoms with Gasteiger partial charge in [-0.15, -0.1) is 0 Å². The SMILES string of the molecule is CCCCCCCC/C=C\CCCCCCCC(=O)[P+]([O-])=NC(CO)C(=O)O. The van der Waals surface area contributed by atoms with E-state index in [1.807, 2.05) is 0 Å². The number of carboxylic acids is 1. The van der Waals surface area contributed by atoms with Gasteiger partial charge in [-0.05, 0) is 32.1 Å². The zero-order chi connectivity index (χ0) is 21.0. The van der Waals surface area contributed by atoms with Gasteiger partial charge in [-0.2, -0.15) is 0 Å². The van der Waals surface area contributed by atoms with Crippen LogP contribution in [0.2, 0.25) is 0 Å². The topological polar surface area (TPSA) is 110 Å². The van der Waals surface area contributed by atoms with Gasteiger partial charge in [0.05, 0.1) is 13.0 Å². The third-order valence-corrected chi connectivity index (χ3v) is 5.71. The lowest BCUT2D eigenvalue weighted by atomic mass is 10.1. The fourth-order valence-electron chi connectivity index (χ4n) is 2.80. The smallest absolute Gasteiger partial charge is 0.341 e. The van der Waals surface area contributed by atoms with Crippen LogP contribution in [0.15, 0.2) is 16.9 Å². The third kappa shape index (κ3) is 15.9. The Bertz CT molecular complexity index is 479. The average molecular weight is 416 g/mol. The summed E-state index contributed by atoms with van der Waals surface area (Å²) < 4.78 is 3.39. The highest BCUT2D eigenvalue weighted by molar-refractivity contribution is 7.59. The number of rotatable bonds is 19. The number of hydrogen-bond acceptors (Lipinski definition) is 5. The fourth-order valence-corrected chi connectivity index (χ4v) is 3.70. The molecule has 0 rings (SSSR count). The maximum atomic E-state index is 11.7. The summed E-state index contributed by atoms with van der Waals surface area (Å²) in [6.45, 7) is 1.48. The first-order chi connectivity index (χ1) is 13.5. The number of nitrogens with zero attached hydrogens (tertiary/aromatic N) is 1. The molecule has 0 radical (unpaired) electrons. The predicted molar refractivity (Wildman–Crippen MR) is 112 cm³/mol. The minimum atomic E-state index is -2.58. The number of allylic oxidation sites excluding steroid dienone is 2. The quantitative estimate of drug-likeness (QED) is 0.176. The van der Waals surface area contributed by atoms with Crippen molar-refractivity contribution in [2.75, 3.05) is 6.61 Å². The van der Waals surface area contributed by atoms with E-state index in [1.54, 1.807) is 0 Å². The van der Waals surface area contributed by atoms with Crippen molar-refractivity contribution in [1.29, 1.82) is 0 Å². The summed E-state index contributed by atoms with van der Waals surface area (Å²) in [5.74, 6) is -1.38. The highest BCUT2D eigenvalue weighted by Gasteiger charge is 2.22. The fraction of sp³-hybridized carbons (Fsp3) is 0.810. The molecular formula is C21H38NO5P. The van der Waals surface area contributed by atoms with Crippen molar-refractivity contribution in [3.05, 3.63) is 12.2 Å². The van der Waals surface area contributed by atoms with Crippen LogP contribution in [0, 0.1) is 0 Å². The summed E-state index contributed by atoms with van der Waals surface area (Å²) in [5, 5.41) is 17.5. The molecule has 7 heteroatoms. The van der Waals surface area contributed by atoms with Gasteiger partial charge in [-0.1, -0.05) is 75.2 Å². The van der Waals surface area contributed by atoms with E-state index >= 15 is 0 Å². The number of aliphatic hydroxyl groups is 1. The molecule has 0 aliphatic heterocycles. The molecule has 0 aliphatic rings. The molecule has 2 unspecified atom stereocenters. The highest BCUT2D eigenvalue weighted by Crippen LogP contribution is 2.22. The van der Waals surface area contributed by atoms with Crippen LogP contribution in [0.4, 0.5) is 0 Å².